The number of nitro groups is 1. The second-order valence-electron chi connectivity index (χ2n) is 3.22. The lowest BCUT2D eigenvalue weighted by Gasteiger charge is -1.97. The molecule has 0 aliphatic heterocycles. The zero-order chi connectivity index (χ0) is 12.4. The second-order valence-corrected chi connectivity index (χ2v) is 3.22. The van der Waals surface area contributed by atoms with Crippen molar-refractivity contribution < 1.29 is 14.1 Å². The molecule has 2 heterocycles. The molecule has 0 saturated heterocycles. The number of rotatable bonds is 3. The Morgan fingerprint density at radius 2 is 2.29 bits per heavy atom. The molecule has 0 spiro atoms. The van der Waals surface area contributed by atoms with E-state index in [1.54, 1.807) is 19.3 Å². The molecule has 0 fully saturated rings. The summed E-state index contributed by atoms with van der Waals surface area (Å²) in [6, 6.07) is 3.94. The number of nitrogens with one attached hydrogen (secondary N) is 1. The summed E-state index contributed by atoms with van der Waals surface area (Å²) < 4.78 is 6.25. The van der Waals surface area contributed by atoms with Gasteiger partial charge in [-0.05, 0) is 6.07 Å². The molecule has 2 aromatic heterocycles. The van der Waals surface area contributed by atoms with Gasteiger partial charge in [0.05, 0.1) is 6.07 Å². The molecule has 2 aromatic rings. The van der Waals surface area contributed by atoms with Crippen molar-refractivity contribution in [1.29, 1.82) is 0 Å². The number of hydrogen-bond donors (Lipinski definition) is 1. The molecular weight excluding hydrogens is 228 g/mol. The van der Waals surface area contributed by atoms with Crippen LogP contribution in [0.1, 0.15) is 10.6 Å². The van der Waals surface area contributed by atoms with Gasteiger partial charge < -0.3 is 9.73 Å². The summed E-state index contributed by atoms with van der Waals surface area (Å²) in [5, 5.41) is 16.7. The highest BCUT2D eigenvalue weighted by Crippen LogP contribution is 2.16. The topological polar surface area (TPSA) is 103 Å². The second kappa shape index (κ2) is 4.08. The van der Waals surface area contributed by atoms with Gasteiger partial charge in [-0.3, -0.25) is 19.6 Å². The molecule has 0 aromatic carbocycles. The number of aryl methyl sites for hydroxylation is 1. The molecule has 2 rings (SSSR count). The number of anilines is 1. The molecule has 0 unspecified atom stereocenters. The Bertz CT molecular complexity index is 571. The van der Waals surface area contributed by atoms with Gasteiger partial charge >= 0.3 is 5.88 Å². The maximum Gasteiger partial charge on any atom is 0.433 e. The van der Waals surface area contributed by atoms with Crippen LogP contribution in [0.5, 0.6) is 0 Å². The van der Waals surface area contributed by atoms with Gasteiger partial charge in [-0.2, -0.15) is 5.10 Å². The Hall–Kier alpha value is -2.64. The zero-order valence-corrected chi connectivity index (χ0v) is 8.78. The molecule has 0 aliphatic carbocycles. The number of aromatic nitrogens is 2. The van der Waals surface area contributed by atoms with E-state index in [1.807, 2.05) is 0 Å². The number of hydrogen-bond acceptors (Lipinski definition) is 5. The number of carbonyl (C=O) groups excluding carboxylic acids is 1. The third-order valence-electron chi connectivity index (χ3n) is 1.95. The fraction of sp³-hybridized carbons (Fsp3) is 0.111. The lowest BCUT2D eigenvalue weighted by Crippen LogP contribution is -2.11. The molecule has 0 atom stereocenters. The summed E-state index contributed by atoms with van der Waals surface area (Å²) in [4.78, 5) is 21.2. The summed E-state index contributed by atoms with van der Waals surface area (Å²) >= 11 is 0. The van der Waals surface area contributed by atoms with Crippen molar-refractivity contribution in [2.75, 3.05) is 5.32 Å². The standard InChI is InChI=1S/C9H8N4O4/c1-12-5-4-7(11-12)10-9(14)6-2-3-8(17-6)13(15)16/h2-5H,1H3,(H,10,11,14). The number of nitrogens with zero attached hydrogens (tertiary/aromatic N) is 3. The average molecular weight is 236 g/mol. The first-order chi connectivity index (χ1) is 8.06. The van der Waals surface area contributed by atoms with Crippen LogP contribution in [0.15, 0.2) is 28.8 Å². The van der Waals surface area contributed by atoms with Crippen LogP contribution in [0.2, 0.25) is 0 Å². The van der Waals surface area contributed by atoms with Crippen LogP contribution in [0.3, 0.4) is 0 Å². The fourth-order valence-corrected chi connectivity index (χ4v) is 1.21. The largest absolute Gasteiger partial charge is 0.433 e. The lowest BCUT2D eigenvalue weighted by molar-refractivity contribution is -0.402. The van der Waals surface area contributed by atoms with Crippen molar-refractivity contribution in [3.63, 3.8) is 0 Å². The van der Waals surface area contributed by atoms with E-state index in [9.17, 15) is 14.9 Å². The van der Waals surface area contributed by atoms with Crippen molar-refractivity contribution in [2.24, 2.45) is 7.05 Å². The monoisotopic (exact) mass is 236 g/mol. The number of amides is 1. The third-order valence-corrected chi connectivity index (χ3v) is 1.95. The Morgan fingerprint density at radius 3 is 2.82 bits per heavy atom. The molecule has 0 bridgehead atoms. The Morgan fingerprint density at radius 1 is 1.53 bits per heavy atom. The van der Waals surface area contributed by atoms with Gasteiger partial charge in [-0.1, -0.05) is 0 Å². The van der Waals surface area contributed by atoms with Crippen molar-refractivity contribution in [3.8, 4) is 0 Å². The van der Waals surface area contributed by atoms with Gasteiger partial charge in [-0.25, -0.2) is 0 Å². The Labute approximate surface area is 95.0 Å². The molecule has 0 radical (unpaired) electrons. The van der Waals surface area contributed by atoms with Gasteiger partial charge in [0.25, 0.3) is 5.91 Å². The predicted molar refractivity (Wildman–Crippen MR) is 56.5 cm³/mol. The fourth-order valence-electron chi connectivity index (χ4n) is 1.21. The molecule has 88 valence electrons. The van der Waals surface area contributed by atoms with E-state index in [0.29, 0.717) is 5.82 Å². The third kappa shape index (κ3) is 2.30. The maximum atomic E-state index is 11.6. The zero-order valence-electron chi connectivity index (χ0n) is 8.78. The number of furan rings is 1. The first-order valence-electron chi connectivity index (χ1n) is 4.61. The van der Waals surface area contributed by atoms with Gasteiger partial charge in [-0.15, -0.1) is 0 Å². The molecule has 17 heavy (non-hydrogen) atoms. The first kappa shape index (κ1) is 10.9. The van der Waals surface area contributed by atoms with Crippen molar-refractivity contribution >= 4 is 17.6 Å². The molecule has 0 aliphatic rings. The van der Waals surface area contributed by atoms with Gasteiger partial charge in [0.2, 0.25) is 0 Å². The van der Waals surface area contributed by atoms with Gasteiger partial charge in [0, 0.05) is 19.3 Å². The van der Waals surface area contributed by atoms with Gasteiger partial charge in [0.1, 0.15) is 4.92 Å². The highest BCUT2D eigenvalue weighted by Gasteiger charge is 2.17. The van der Waals surface area contributed by atoms with Crippen LogP contribution in [-0.2, 0) is 7.05 Å². The van der Waals surface area contributed by atoms with Gasteiger partial charge in [0.15, 0.2) is 11.6 Å². The molecule has 8 heteroatoms. The van der Waals surface area contributed by atoms with E-state index in [0.717, 1.165) is 6.07 Å². The molecule has 1 amide bonds. The SMILES string of the molecule is Cn1ccc(NC(=O)c2ccc([N+](=O)[O-])o2)n1. The summed E-state index contributed by atoms with van der Waals surface area (Å²) in [6.45, 7) is 0. The molecular formula is C9H8N4O4. The molecule has 8 nitrogen and oxygen atoms in total. The maximum absolute atomic E-state index is 11.6. The van der Waals surface area contributed by atoms with E-state index in [2.05, 4.69) is 10.4 Å². The van der Waals surface area contributed by atoms with E-state index in [4.69, 9.17) is 4.42 Å². The minimum absolute atomic E-state index is 0.137. The van der Waals surface area contributed by atoms with Crippen LogP contribution in [0.4, 0.5) is 11.7 Å². The lowest BCUT2D eigenvalue weighted by atomic mass is 10.4. The Kier molecular flexibility index (Phi) is 2.61. The van der Waals surface area contributed by atoms with E-state index < -0.39 is 16.7 Å². The first-order valence-corrected chi connectivity index (χ1v) is 4.61. The van der Waals surface area contributed by atoms with Crippen molar-refractivity contribution in [3.05, 3.63) is 40.3 Å². The van der Waals surface area contributed by atoms with E-state index in [1.165, 1.54) is 10.7 Å². The van der Waals surface area contributed by atoms with Crippen LogP contribution < -0.4 is 5.32 Å². The van der Waals surface area contributed by atoms with E-state index >= 15 is 0 Å². The summed E-state index contributed by atoms with van der Waals surface area (Å²) in [6.07, 6.45) is 1.65. The predicted octanol–water partition coefficient (Wildman–Crippen LogP) is 1.17. The van der Waals surface area contributed by atoms with Crippen LogP contribution in [0.25, 0.3) is 0 Å². The highest BCUT2D eigenvalue weighted by atomic mass is 16.6. The highest BCUT2D eigenvalue weighted by molar-refractivity contribution is 6.01. The summed E-state index contributed by atoms with van der Waals surface area (Å²) in [7, 11) is 1.70. The summed E-state index contributed by atoms with van der Waals surface area (Å²) in [5.74, 6) is -0.855. The minimum Gasteiger partial charge on any atom is -0.395 e. The van der Waals surface area contributed by atoms with E-state index in [-0.39, 0.29) is 5.76 Å². The molecule has 1 N–H and O–H groups in total. The van der Waals surface area contributed by atoms with Crippen LogP contribution in [-0.4, -0.2) is 20.6 Å². The molecule has 0 saturated carbocycles. The van der Waals surface area contributed by atoms with Crippen LogP contribution in [0, 0.1) is 10.1 Å². The van der Waals surface area contributed by atoms with Crippen LogP contribution >= 0.6 is 0 Å². The van der Waals surface area contributed by atoms with Crippen molar-refractivity contribution in [1.82, 2.24) is 9.78 Å². The smallest absolute Gasteiger partial charge is 0.395 e. The number of carbonyl (C=O) groups is 1. The summed E-state index contributed by atoms with van der Waals surface area (Å²) in [5.41, 5.74) is 0. The average Bonchev–Trinajstić information content (AvgIpc) is 2.86. The normalized spacial score (nSPS) is 10.2. The quantitative estimate of drug-likeness (QED) is 0.636. The van der Waals surface area contributed by atoms with Crippen molar-refractivity contribution in [2.45, 2.75) is 0 Å². The minimum atomic E-state index is -0.711. The Balaban J connectivity index is 2.11.